The van der Waals surface area contributed by atoms with Gasteiger partial charge in [-0.1, -0.05) is 6.42 Å². The van der Waals surface area contributed by atoms with Gasteiger partial charge in [0.1, 0.15) is 0 Å². The lowest BCUT2D eigenvalue weighted by atomic mass is 9.89. The molecule has 2 fully saturated rings. The van der Waals surface area contributed by atoms with Crippen molar-refractivity contribution in [3.63, 3.8) is 0 Å². The summed E-state index contributed by atoms with van der Waals surface area (Å²) in [5, 5.41) is 13.7. The van der Waals surface area contributed by atoms with E-state index < -0.39 is 22.2 Å². The summed E-state index contributed by atoms with van der Waals surface area (Å²) >= 11 is 0. The minimum Gasteiger partial charge on any atom is -0.377 e. The maximum Gasteiger partial charge on any atom is 0.295 e. The molecule has 2 aliphatic carbocycles. The highest BCUT2D eigenvalue weighted by Gasteiger charge is 2.39. The van der Waals surface area contributed by atoms with Crippen LogP contribution < -0.4 is 5.32 Å². The molecule has 108 valence electrons. The first kappa shape index (κ1) is 13.3. The fourth-order valence-corrected chi connectivity index (χ4v) is 3.72. The maximum atomic E-state index is 13.7. The van der Waals surface area contributed by atoms with Crippen LogP contribution in [-0.4, -0.2) is 11.5 Å². The van der Waals surface area contributed by atoms with Crippen LogP contribution in [0.15, 0.2) is 12.1 Å². The second kappa shape index (κ2) is 5.00. The van der Waals surface area contributed by atoms with Crippen LogP contribution in [-0.2, 0) is 0 Å². The second-order valence-electron chi connectivity index (χ2n) is 5.83. The Bertz CT molecular complexity index is 550. The summed E-state index contributed by atoms with van der Waals surface area (Å²) in [4.78, 5) is 10.2. The van der Waals surface area contributed by atoms with Crippen LogP contribution in [0.5, 0.6) is 0 Å². The van der Waals surface area contributed by atoms with Gasteiger partial charge in [-0.2, -0.15) is 0 Å². The molecule has 2 bridgehead atoms. The molecule has 0 aliphatic heterocycles. The summed E-state index contributed by atoms with van der Waals surface area (Å²) in [5.74, 6) is -0.438. The molecule has 0 spiro atoms. The SMILES string of the molecule is O=[N+]([O-])c1ccc(F)c(F)c1NCC1CC2CCC1C2. The lowest BCUT2D eigenvalue weighted by molar-refractivity contribution is -0.384. The van der Waals surface area contributed by atoms with E-state index in [9.17, 15) is 18.9 Å². The maximum absolute atomic E-state index is 13.7. The standard InChI is InChI=1S/C14H16F2N2O2/c15-11-3-4-12(18(19)20)14(13(11)16)17-7-10-6-8-1-2-9(10)5-8/h3-4,8-10,17H,1-2,5-7H2. The van der Waals surface area contributed by atoms with Gasteiger partial charge in [0.2, 0.25) is 0 Å². The van der Waals surface area contributed by atoms with Crippen LogP contribution in [0.1, 0.15) is 25.7 Å². The van der Waals surface area contributed by atoms with Gasteiger partial charge >= 0.3 is 0 Å². The molecule has 0 aromatic heterocycles. The average molecular weight is 282 g/mol. The van der Waals surface area contributed by atoms with Gasteiger partial charge in [0.25, 0.3) is 5.69 Å². The molecule has 6 heteroatoms. The molecule has 20 heavy (non-hydrogen) atoms. The molecule has 0 saturated heterocycles. The Morgan fingerprint density at radius 1 is 1.30 bits per heavy atom. The molecular weight excluding hydrogens is 266 g/mol. The van der Waals surface area contributed by atoms with Crippen LogP contribution in [0.25, 0.3) is 0 Å². The zero-order valence-corrected chi connectivity index (χ0v) is 10.9. The van der Waals surface area contributed by atoms with Crippen LogP contribution in [0.2, 0.25) is 0 Å². The highest BCUT2D eigenvalue weighted by Crippen LogP contribution is 2.48. The van der Waals surface area contributed by atoms with Crippen molar-refractivity contribution in [2.24, 2.45) is 17.8 Å². The zero-order chi connectivity index (χ0) is 14.3. The fraction of sp³-hybridized carbons (Fsp3) is 0.571. The summed E-state index contributed by atoms with van der Waals surface area (Å²) in [5.41, 5.74) is -0.732. The Morgan fingerprint density at radius 3 is 2.70 bits per heavy atom. The number of halogens is 2. The number of rotatable bonds is 4. The molecule has 4 nitrogen and oxygen atoms in total. The normalized spacial score (nSPS) is 27.8. The molecule has 3 rings (SSSR count). The van der Waals surface area contributed by atoms with E-state index in [-0.39, 0.29) is 5.69 Å². The first-order chi connectivity index (χ1) is 9.56. The second-order valence-corrected chi connectivity index (χ2v) is 5.83. The van der Waals surface area contributed by atoms with E-state index >= 15 is 0 Å². The summed E-state index contributed by atoms with van der Waals surface area (Å²) in [7, 11) is 0. The van der Waals surface area contributed by atoms with Crippen LogP contribution in [0.3, 0.4) is 0 Å². The monoisotopic (exact) mass is 282 g/mol. The van der Waals surface area contributed by atoms with Crippen molar-refractivity contribution in [3.05, 3.63) is 33.9 Å². The predicted octanol–water partition coefficient (Wildman–Crippen LogP) is 3.72. The van der Waals surface area contributed by atoms with Crippen LogP contribution in [0.4, 0.5) is 20.2 Å². The fourth-order valence-electron chi connectivity index (χ4n) is 3.72. The highest BCUT2D eigenvalue weighted by atomic mass is 19.2. The summed E-state index contributed by atoms with van der Waals surface area (Å²) < 4.78 is 27.0. The first-order valence-electron chi connectivity index (χ1n) is 6.92. The van der Waals surface area contributed by atoms with Crippen LogP contribution in [0, 0.1) is 39.5 Å². The zero-order valence-electron chi connectivity index (χ0n) is 10.9. The molecule has 1 aromatic carbocycles. The number of hydrogen-bond donors (Lipinski definition) is 1. The first-order valence-corrected chi connectivity index (χ1v) is 6.92. The molecule has 0 amide bonds. The smallest absolute Gasteiger partial charge is 0.295 e. The Labute approximate surface area is 115 Å². The van der Waals surface area contributed by atoms with Crippen molar-refractivity contribution in [2.45, 2.75) is 25.7 Å². The lowest BCUT2D eigenvalue weighted by Gasteiger charge is -2.22. The Morgan fingerprint density at radius 2 is 2.10 bits per heavy atom. The highest BCUT2D eigenvalue weighted by molar-refractivity contribution is 5.62. The van der Waals surface area contributed by atoms with E-state index in [1.165, 1.54) is 19.3 Å². The van der Waals surface area contributed by atoms with Crippen molar-refractivity contribution in [2.75, 3.05) is 11.9 Å². The third-order valence-electron chi connectivity index (χ3n) is 4.70. The lowest BCUT2D eigenvalue weighted by Crippen LogP contribution is -2.21. The van der Waals surface area contributed by atoms with Gasteiger partial charge in [-0.05, 0) is 43.1 Å². The van der Waals surface area contributed by atoms with E-state index in [0.29, 0.717) is 18.4 Å². The third-order valence-corrected chi connectivity index (χ3v) is 4.70. The van der Waals surface area contributed by atoms with Crippen molar-refractivity contribution in [1.29, 1.82) is 0 Å². The predicted molar refractivity (Wildman–Crippen MR) is 70.4 cm³/mol. The van der Waals surface area contributed by atoms with Crippen molar-refractivity contribution < 1.29 is 13.7 Å². The number of nitro groups is 1. The molecule has 1 N–H and O–H groups in total. The summed E-state index contributed by atoms with van der Waals surface area (Å²) in [6.07, 6.45) is 4.74. The number of nitrogens with one attached hydrogen (secondary N) is 1. The van der Waals surface area contributed by atoms with Gasteiger partial charge in [0, 0.05) is 12.6 Å². The van der Waals surface area contributed by atoms with Crippen molar-refractivity contribution in [1.82, 2.24) is 0 Å². The molecule has 3 unspecified atom stereocenters. The van der Waals surface area contributed by atoms with Gasteiger partial charge in [0.15, 0.2) is 17.3 Å². The molecule has 1 aromatic rings. The number of nitro benzene ring substituents is 1. The Balaban J connectivity index is 1.76. The van der Waals surface area contributed by atoms with E-state index in [1.807, 2.05) is 0 Å². The topological polar surface area (TPSA) is 55.2 Å². The van der Waals surface area contributed by atoms with Gasteiger partial charge in [-0.15, -0.1) is 0 Å². The van der Waals surface area contributed by atoms with Gasteiger partial charge < -0.3 is 5.32 Å². The molecule has 0 heterocycles. The molecule has 2 aliphatic rings. The molecule has 0 radical (unpaired) electrons. The molecular formula is C14H16F2N2O2. The number of fused-ring (bicyclic) bond motifs is 2. The molecule has 2 saturated carbocycles. The number of hydrogen-bond acceptors (Lipinski definition) is 3. The van der Waals surface area contributed by atoms with E-state index in [1.54, 1.807) is 0 Å². The van der Waals surface area contributed by atoms with Crippen LogP contribution >= 0.6 is 0 Å². The number of benzene rings is 1. The average Bonchev–Trinajstić information content (AvgIpc) is 3.02. The van der Waals surface area contributed by atoms with E-state index in [4.69, 9.17) is 0 Å². The van der Waals surface area contributed by atoms with E-state index in [0.717, 1.165) is 24.5 Å². The minimum atomic E-state index is -1.16. The largest absolute Gasteiger partial charge is 0.377 e. The Hall–Kier alpha value is -1.72. The van der Waals surface area contributed by atoms with Gasteiger partial charge in [0.05, 0.1) is 4.92 Å². The Kier molecular flexibility index (Phi) is 3.31. The van der Waals surface area contributed by atoms with Crippen molar-refractivity contribution in [3.8, 4) is 0 Å². The number of nitrogens with zero attached hydrogens (tertiary/aromatic N) is 1. The van der Waals surface area contributed by atoms with Gasteiger partial charge in [-0.3, -0.25) is 10.1 Å². The third kappa shape index (κ3) is 2.23. The summed E-state index contributed by atoms with van der Waals surface area (Å²) in [6.45, 7) is 0.475. The van der Waals surface area contributed by atoms with E-state index in [2.05, 4.69) is 5.32 Å². The van der Waals surface area contributed by atoms with Crippen molar-refractivity contribution >= 4 is 11.4 Å². The minimum absolute atomic E-state index is 0.322. The van der Waals surface area contributed by atoms with Gasteiger partial charge in [-0.25, -0.2) is 8.78 Å². The number of anilines is 1. The summed E-state index contributed by atoms with van der Waals surface area (Å²) in [6, 6.07) is 1.79. The quantitative estimate of drug-likeness (QED) is 0.676. The molecule has 3 atom stereocenters.